The van der Waals surface area contributed by atoms with Crippen LogP contribution in [0.4, 0.5) is 22.7 Å². The SMILES string of the molecule is CC1=C(c2ccccc2Nc2cc(Nc3ccccc3-c3ccccc3C)cc(C3C=CC(C4=C[C@@H](C)C=CC(c5ccc(-n6c7ccccc7c7ccccc76)cc5)=C4)=C4C=CC=CC43)c2)C=CCC1. The van der Waals surface area contributed by atoms with Crippen LogP contribution < -0.4 is 10.6 Å². The van der Waals surface area contributed by atoms with E-state index in [0.29, 0.717) is 0 Å². The molecule has 0 saturated heterocycles. The second kappa shape index (κ2) is 18.8. The summed E-state index contributed by atoms with van der Waals surface area (Å²) in [4.78, 5) is 0. The fourth-order valence-corrected chi connectivity index (χ4v) is 11.3. The zero-order chi connectivity index (χ0) is 47.8. The summed E-state index contributed by atoms with van der Waals surface area (Å²) >= 11 is 0. The van der Waals surface area contributed by atoms with Crippen molar-refractivity contribution in [2.45, 2.75) is 39.5 Å². The molecule has 3 atom stereocenters. The predicted octanol–water partition coefficient (Wildman–Crippen LogP) is 18.3. The van der Waals surface area contributed by atoms with Crippen LogP contribution in [0.2, 0.25) is 0 Å². The normalized spacial score (nSPS) is 18.4. The van der Waals surface area contributed by atoms with Crippen molar-refractivity contribution in [3.8, 4) is 16.8 Å². The van der Waals surface area contributed by atoms with E-state index < -0.39 is 0 Å². The molecular weight excluding hydrogens is 859 g/mol. The summed E-state index contributed by atoms with van der Waals surface area (Å²) in [6.07, 6.45) is 30.3. The molecule has 1 aromatic heterocycles. The average molecular weight is 916 g/mol. The van der Waals surface area contributed by atoms with Gasteiger partial charge in [-0.05, 0) is 143 Å². The van der Waals surface area contributed by atoms with Gasteiger partial charge in [-0.3, -0.25) is 0 Å². The van der Waals surface area contributed by atoms with E-state index in [1.54, 1.807) is 0 Å². The van der Waals surface area contributed by atoms with E-state index in [1.807, 2.05) is 0 Å². The molecule has 71 heavy (non-hydrogen) atoms. The van der Waals surface area contributed by atoms with Gasteiger partial charge in [-0.25, -0.2) is 0 Å². The van der Waals surface area contributed by atoms with Crippen LogP contribution >= 0.6 is 0 Å². The van der Waals surface area contributed by atoms with E-state index in [0.717, 1.165) is 41.3 Å². The van der Waals surface area contributed by atoms with Crippen LogP contribution in [0, 0.1) is 18.8 Å². The van der Waals surface area contributed by atoms with Crippen LogP contribution in [-0.2, 0) is 0 Å². The predicted molar refractivity (Wildman–Crippen MR) is 303 cm³/mol. The molecule has 0 radical (unpaired) electrons. The van der Waals surface area contributed by atoms with Crippen LogP contribution in [0.25, 0.3) is 49.8 Å². The summed E-state index contributed by atoms with van der Waals surface area (Å²) < 4.78 is 2.39. The van der Waals surface area contributed by atoms with Gasteiger partial charge in [-0.1, -0.05) is 189 Å². The Bertz CT molecular complexity index is 3630. The van der Waals surface area contributed by atoms with Crippen molar-refractivity contribution in [1.29, 1.82) is 0 Å². The number of hydrogen-bond donors (Lipinski definition) is 2. The van der Waals surface area contributed by atoms with Crippen molar-refractivity contribution in [2.24, 2.45) is 11.8 Å². The second-order valence-corrected chi connectivity index (χ2v) is 19.5. The molecule has 0 bridgehead atoms. The van der Waals surface area contributed by atoms with Gasteiger partial charge < -0.3 is 15.2 Å². The number of para-hydroxylation sites is 4. The Morgan fingerprint density at radius 1 is 0.521 bits per heavy atom. The van der Waals surface area contributed by atoms with Gasteiger partial charge in [-0.15, -0.1) is 0 Å². The number of anilines is 4. The smallest absolute Gasteiger partial charge is 0.0541 e. The van der Waals surface area contributed by atoms with Gasteiger partial charge in [0.1, 0.15) is 0 Å². The second-order valence-electron chi connectivity index (χ2n) is 19.5. The topological polar surface area (TPSA) is 29.0 Å². The fourth-order valence-electron chi connectivity index (χ4n) is 11.3. The third-order valence-electron chi connectivity index (χ3n) is 14.8. The number of aromatic nitrogens is 1. The highest BCUT2D eigenvalue weighted by Crippen LogP contribution is 2.46. The van der Waals surface area contributed by atoms with Gasteiger partial charge in [0.15, 0.2) is 0 Å². The van der Waals surface area contributed by atoms with Gasteiger partial charge >= 0.3 is 0 Å². The molecular formula is C68H57N3. The number of allylic oxidation sites excluding steroid dienone is 18. The van der Waals surface area contributed by atoms with Crippen molar-refractivity contribution in [2.75, 3.05) is 10.6 Å². The van der Waals surface area contributed by atoms with Gasteiger partial charge in [0.2, 0.25) is 0 Å². The number of hydrogen-bond acceptors (Lipinski definition) is 2. The molecule has 0 aliphatic heterocycles. The highest BCUT2D eigenvalue weighted by Gasteiger charge is 2.30. The van der Waals surface area contributed by atoms with Crippen LogP contribution in [0.15, 0.2) is 259 Å². The fraction of sp³-hybridized carbons (Fsp3) is 0.118. The molecule has 0 saturated carbocycles. The summed E-state index contributed by atoms with van der Waals surface area (Å²) in [5.74, 6) is 0.510. The van der Waals surface area contributed by atoms with Crippen molar-refractivity contribution < 1.29 is 0 Å². The highest BCUT2D eigenvalue weighted by atomic mass is 15.0. The first-order chi connectivity index (χ1) is 34.9. The minimum absolute atomic E-state index is 0.101. The van der Waals surface area contributed by atoms with Crippen LogP contribution in [-0.4, -0.2) is 4.57 Å². The lowest BCUT2D eigenvalue weighted by atomic mass is 9.72. The van der Waals surface area contributed by atoms with E-state index in [4.69, 9.17) is 0 Å². The Morgan fingerprint density at radius 2 is 1.17 bits per heavy atom. The molecule has 3 nitrogen and oxygen atoms in total. The minimum atomic E-state index is 0.101. The summed E-state index contributed by atoms with van der Waals surface area (Å²) in [5.41, 5.74) is 23.0. The number of benzene rings is 7. The molecule has 4 aliphatic carbocycles. The lowest BCUT2D eigenvalue weighted by Crippen LogP contribution is -2.18. The first-order valence-electron chi connectivity index (χ1n) is 25.2. The van der Waals surface area contributed by atoms with Gasteiger partial charge in [0.05, 0.1) is 11.0 Å². The van der Waals surface area contributed by atoms with Gasteiger partial charge in [0.25, 0.3) is 0 Å². The van der Waals surface area contributed by atoms with Crippen molar-refractivity contribution in [1.82, 2.24) is 4.57 Å². The summed E-state index contributed by atoms with van der Waals surface area (Å²) in [6, 6.07) is 59.6. The van der Waals surface area contributed by atoms with E-state index in [-0.39, 0.29) is 17.8 Å². The molecule has 7 aromatic carbocycles. The zero-order valence-electron chi connectivity index (χ0n) is 40.6. The summed E-state index contributed by atoms with van der Waals surface area (Å²) in [7, 11) is 0. The molecule has 4 aliphatic rings. The monoisotopic (exact) mass is 915 g/mol. The van der Waals surface area contributed by atoms with Crippen molar-refractivity contribution in [3.05, 3.63) is 281 Å². The molecule has 3 heteroatoms. The number of nitrogens with one attached hydrogen (secondary N) is 2. The summed E-state index contributed by atoms with van der Waals surface area (Å²) in [5, 5.41) is 10.4. The molecule has 0 amide bonds. The Kier molecular flexibility index (Phi) is 11.6. The van der Waals surface area contributed by atoms with Crippen molar-refractivity contribution >= 4 is 55.7 Å². The van der Waals surface area contributed by atoms with Crippen LogP contribution in [0.5, 0.6) is 0 Å². The summed E-state index contributed by atoms with van der Waals surface area (Å²) in [6.45, 7) is 6.75. The maximum atomic E-state index is 3.94. The lowest BCUT2D eigenvalue weighted by molar-refractivity contribution is 0.665. The Balaban J connectivity index is 0.907. The van der Waals surface area contributed by atoms with Gasteiger partial charge in [0, 0.05) is 62.2 Å². The number of rotatable bonds is 10. The van der Waals surface area contributed by atoms with Crippen LogP contribution in [0.1, 0.15) is 54.9 Å². The van der Waals surface area contributed by atoms with E-state index in [9.17, 15) is 0 Å². The Labute approximate surface area is 418 Å². The first-order valence-corrected chi connectivity index (χ1v) is 25.2. The molecule has 2 N–H and O–H groups in total. The molecule has 2 unspecified atom stereocenters. The molecule has 0 spiro atoms. The minimum Gasteiger partial charge on any atom is -0.355 e. The largest absolute Gasteiger partial charge is 0.355 e. The maximum Gasteiger partial charge on any atom is 0.0541 e. The first kappa shape index (κ1) is 43.9. The molecule has 0 fully saturated rings. The van der Waals surface area contributed by atoms with Crippen LogP contribution in [0.3, 0.4) is 0 Å². The average Bonchev–Trinajstić information content (AvgIpc) is 3.61. The molecule has 1 heterocycles. The number of aryl methyl sites for hydroxylation is 1. The third kappa shape index (κ3) is 8.48. The maximum absolute atomic E-state index is 3.94. The standard InChI is InChI=1S/C68H57N3/c1-45-32-33-49(48-34-36-54(37-35-48)71-67-30-16-12-26-63(67)64-27-13-17-31-68(64)71)41-50(40-45)57-38-39-58(60-23-9-8-22-59(57)60)51-42-52(69-65-28-14-10-24-61(65)55-20-6-4-18-46(55)2)44-53(43-51)70-66-29-15-11-25-62(66)56-21-7-5-19-47(56)3/h4,6-18,20-45,58,60,69-70H,5,19H2,1-3H3/t45-,58?,60?/m0/s1. The Morgan fingerprint density at radius 3 is 1.89 bits per heavy atom. The third-order valence-corrected chi connectivity index (χ3v) is 14.8. The number of nitrogens with zero attached hydrogens (tertiary/aromatic N) is 1. The van der Waals surface area contributed by atoms with Crippen molar-refractivity contribution in [3.63, 3.8) is 0 Å². The molecule has 344 valence electrons. The molecule has 8 aromatic rings. The molecule has 12 rings (SSSR count). The zero-order valence-corrected chi connectivity index (χ0v) is 40.6. The van der Waals surface area contributed by atoms with Gasteiger partial charge in [-0.2, -0.15) is 0 Å². The Hall–Kier alpha value is -8.40. The van der Waals surface area contributed by atoms with E-state index in [2.05, 4.69) is 273 Å². The highest BCUT2D eigenvalue weighted by molar-refractivity contribution is 6.09. The number of fused-ring (bicyclic) bond motifs is 4. The van der Waals surface area contributed by atoms with E-state index >= 15 is 0 Å². The quantitative estimate of drug-likeness (QED) is 0.143. The van der Waals surface area contributed by atoms with E-state index in [1.165, 1.54) is 88.6 Å². The lowest BCUT2D eigenvalue weighted by Gasteiger charge is -2.32.